The normalized spacial score (nSPS) is 11.5. The van der Waals surface area contributed by atoms with Gasteiger partial charge in [0.05, 0.1) is 12.3 Å². The van der Waals surface area contributed by atoms with Gasteiger partial charge in [-0.15, -0.1) is 16.4 Å². The summed E-state index contributed by atoms with van der Waals surface area (Å²) in [6.45, 7) is 4.24. The quantitative estimate of drug-likeness (QED) is 0.330. The number of amides is 1. The van der Waals surface area contributed by atoms with E-state index in [1.807, 2.05) is 24.4 Å². The monoisotopic (exact) mass is 438 g/mol. The predicted octanol–water partition coefficient (Wildman–Crippen LogP) is 2.51. The number of nitrogen functional groups attached to an aromatic ring is 1. The Hall–Kier alpha value is -4.06. The molecule has 0 saturated carbocycles. The van der Waals surface area contributed by atoms with Gasteiger partial charge < -0.3 is 10.5 Å². The summed E-state index contributed by atoms with van der Waals surface area (Å²) in [6.07, 6.45) is 0. The van der Waals surface area contributed by atoms with Gasteiger partial charge in [-0.2, -0.15) is 9.78 Å². The fourth-order valence-corrected chi connectivity index (χ4v) is 3.46. The lowest BCUT2D eigenvalue weighted by Crippen LogP contribution is -2.20. The van der Waals surface area contributed by atoms with Gasteiger partial charge in [-0.1, -0.05) is 11.3 Å². The summed E-state index contributed by atoms with van der Waals surface area (Å²) in [5, 5.41) is 21.5. The zero-order valence-electron chi connectivity index (χ0n) is 16.6. The second-order valence-electron chi connectivity index (χ2n) is 6.24. The maximum atomic E-state index is 12.9. The fraction of sp³-hybridized carbons (Fsp3) is 0.158. The van der Waals surface area contributed by atoms with Gasteiger partial charge in [-0.05, 0) is 59.9 Å². The second kappa shape index (κ2) is 8.75. The van der Waals surface area contributed by atoms with Crippen molar-refractivity contribution in [3.8, 4) is 22.8 Å². The number of ether oxygens (including phenoxy) is 1. The topological polar surface area (TPSA) is 146 Å². The first-order valence-corrected chi connectivity index (χ1v) is 10.1. The van der Waals surface area contributed by atoms with E-state index in [2.05, 4.69) is 35.8 Å². The van der Waals surface area contributed by atoms with Crippen LogP contribution >= 0.6 is 11.3 Å². The van der Waals surface area contributed by atoms with Gasteiger partial charge in [0, 0.05) is 10.4 Å². The third-order valence-electron chi connectivity index (χ3n) is 4.22. The number of carbonyl (C=O) groups is 1. The van der Waals surface area contributed by atoms with Crippen molar-refractivity contribution in [2.45, 2.75) is 13.8 Å². The SMILES string of the molecule is CCOc1ccc(-c2c(C(=O)NN=C(C)c3cccs3)nnn2-c2nonc2N)cc1. The van der Waals surface area contributed by atoms with E-state index in [4.69, 9.17) is 10.5 Å². The standard InChI is InChI=1S/C19H18N8O3S/c1-3-29-13-8-6-12(7-9-13)16-15(22-26-27(16)18-17(20)24-30-25-18)19(28)23-21-11(2)14-5-4-10-31-14/h4-10H,3H2,1-2H3,(H2,20,24)(H,23,28). The Labute approximate surface area is 180 Å². The van der Waals surface area contributed by atoms with Gasteiger partial charge in [0.1, 0.15) is 11.4 Å². The second-order valence-corrected chi connectivity index (χ2v) is 7.19. The molecule has 0 atom stereocenters. The number of nitrogens with two attached hydrogens (primary N) is 1. The van der Waals surface area contributed by atoms with Gasteiger partial charge in [0.2, 0.25) is 11.6 Å². The van der Waals surface area contributed by atoms with Crippen LogP contribution < -0.4 is 15.9 Å². The van der Waals surface area contributed by atoms with E-state index in [1.165, 1.54) is 16.0 Å². The summed E-state index contributed by atoms with van der Waals surface area (Å²) in [5.74, 6) is 0.278. The summed E-state index contributed by atoms with van der Waals surface area (Å²) < 4.78 is 11.5. The van der Waals surface area contributed by atoms with E-state index in [0.29, 0.717) is 29.3 Å². The Balaban J connectivity index is 1.72. The summed E-state index contributed by atoms with van der Waals surface area (Å²) in [7, 11) is 0. The van der Waals surface area contributed by atoms with Gasteiger partial charge in [-0.25, -0.2) is 10.1 Å². The average Bonchev–Trinajstić information content (AvgIpc) is 3.53. The number of benzene rings is 1. The molecule has 31 heavy (non-hydrogen) atoms. The lowest BCUT2D eigenvalue weighted by molar-refractivity contribution is 0.0950. The van der Waals surface area contributed by atoms with Crippen molar-refractivity contribution in [3.05, 3.63) is 52.3 Å². The Kier molecular flexibility index (Phi) is 5.71. The molecule has 0 fully saturated rings. The number of rotatable bonds is 7. The van der Waals surface area contributed by atoms with Crippen LogP contribution in [-0.4, -0.2) is 43.5 Å². The van der Waals surface area contributed by atoms with E-state index in [-0.39, 0.29) is 17.3 Å². The summed E-state index contributed by atoms with van der Waals surface area (Å²) in [4.78, 5) is 13.8. The van der Waals surface area contributed by atoms with E-state index in [1.54, 1.807) is 31.2 Å². The number of thiophene rings is 1. The number of hydrazone groups is 1. The molecule has 0 radical (unpaired) electrons. The largest absolute Gasteiger partial charge is 0.494 e. The first-order valence-electron chi connectivity index (χ1n) is 9.24. The minimum Gasteiger partial charge on any atom is -0.494 e. The van der Waals surface area contributed by atoms with E-state index >= 15 is 0 Å². The van der Waals surface area contributed by atoms with E-state index in [0.717, 1.165) is 4.88 Å². The average molecular weight is 438 g/mol. The van der Waals surface area contributed by atoms with Gasteiger partial charge >= 0.3 is 0 Å². The van der Waals surface area contributed by atoms with Gasteiger partial charge in [-0.3, -0.25) is 4.79 Å². The van der Waals surface area contributed by atoms with Crippen LogP contribution in [0.3, 0.4) is 0 Å². The highest BCUT2D eigenvalue weighted by atomic mass is 32.1. The minimum absolute atomic E-state index is 0.00982. The molecule has 12 heteroatoms. The molecule has 0 aliphatic heterocycles. The van der Waals surface area contributed by atoms with Crippen molar-refractivity contribution in [2.24, 2.45) is 5.10 Å². The number of anilines is 1. The van der Waals surface area contributed by atoms with Gasteiger partial charge in [0.25, 0.3) is 5.91 Å². The van der Waals surface area contributed by atoms with Crippen molar-refractivity contribution < 1.29 is 14.2 Å². The van der Waals surface area contributed by atoms with E-state index in [9.17, 15) is 4.79 Å². The number of nitrogens with zero attached hydrogens (tertiary/aromatic N) is 6. The summed E-state index contributed by atoms with van der Waals surface area (Å²) >= 11 is 1.52. The Morgan fingerprint density at radius 1 is 1.29 bits per heavy atom. The zero-order valence-corrected chi connectivity index (χ0v) is 17.5. The molecule has 0 unspecified atom stereocenters. The van der Waals surface area contributed by atoms with Crippen LogP contribution in [0, 0.1) is 0 Å². The molecule has 1 amide bonds. The maximum absolute atomic E-state index is 12.9. The number of aromatic nitrogens is 5. The molecule has 3 N–H and O–H groups in total. The first-order chi connectivity index (χ1) is 15.1. The Morgan fingerprint density at radius 2 is 2.10 bits per heavy atom. The van der Waals surface area contributed by atoms with Crippen LogP contribution in [0.5, 0.6) is 5.75 Å². The molecule has 0 spiro atoms. The fourth-order valence-electron chi connectivity index (χ4n) is 2.78. The molecule has 0 aliphatic carbocycles. The molecule has 3 heterocycles. The highest BCUT2D eigenvalue weighted by Gasteiger charge is 2.25. The molecular weight excluding hydrogens is 420 g/mol. The molecule has 158 valence electrons. The predicted molar refractivity (Wildman–Crippen MR) is 114 cm³/mol. The lowest BCUT2D eigenvalue weighted by Gasteiger charge is -2.08. The molecule has 0 saturated heterocycles. The number of hydrogen-bond donors (Lipinski definition) is 2. The molecule has 1 aromatic carbocycles. The molecule has 0 bridgehead atoms. The van der Waals surface area contributed by atoms with Crippen molar-refractivity contribution in [2.75, 3.05) is 12.3 Å². The number of carbonyl (C=O) groups excluding carboxylic acids is 1. The van der Waals surface area contributed by atoms with Crippen LogP contribution in [0.4, 0.5) is 5.82 Å². The smallest absolute Gasteiger partial charge is 0.294 e. The van der Waals surface area contributed by atoms with Crippen LogP contribution in [-0.2, 0) is 0 Å². The number of nitrogens with one attached hydrogen (secondary N) is 1. The summed E-state index contributed by atoms with van der Waals surface area (Å²) in [5.41, 5.74) is 10.0. The third kappa shape index (κ3) is 4.14. The van der Waals surface area contributed by atoms with Crippen molar-refractivity contribution in [1.82, 2.24) is 30.7 Å². The molecule has 0 aliphatic rings. The lowest BCUT2D eigenvalue weighted by atomic mass is 10.1. The maximum Gasteiger partial charge on any atom is 0.294 e. The highest BCUT2D eigenvalue weighted by Crippen LogP contribution is 2.28. The molecule has 4 rings (SSSR count). The molecule has 11 nitrogen and oxygen atoms in total. The summed E-state index contributed by atoms with van der Waals surface area (Å²) in [6, 6.07) is 10.9. The third-order valence-corrected chi connectivity index (χ3v) is 5.20. The minimum atomic E-state index is -0.541. The molecular formula is C19H18N8O3S. The Morgan fingerprint density at radius 3 is 2.74 bits per heavy atom. The Bertz CT molecular complexity index is 1210. The van der Waals surface area contributed by atoms with Crippen molar-refractivity contribution >= 4 is 28.8 Å². The van der Waals surface area contributed by atoms with Crippen molar-refractivity contribution in [1.29, 1.82) is 0 Å². The van der Waals surface area contributed by atoms with E-state index < -0.39 is 5.91 Å². The highest BCUT2D eigenvalue weighted by molar-refractivity contribution is 7.12. The van der Waals surface area contributed by atoms with Gasteiger partial charge in [0.15, 0.2) is 5.69 Å². The number of hydrogen-bond acceptors (Lipinski definition) is 10. The van der Waals surface area contributed by atoms with Crippen LogP contribution in [0.1, 0.15) is 29.2 Å². The zero-order chi connectivity index (χ0) is 21.8. The first kappa shape index (κ1) is 20.2. The van der Waals surface area contributed by atoms with Crippen LogP contribution in [0.25, 0.3) is 17.1 Å². The molecule has 4 aromatic rings. The molecule has 3 aromatic heterocycles. The van der Waals surface area contributed by atoms with Crippen LogP contribution in [0.15, 0.2) is 51.5 Å². The van der Waals surface area contributed by atoms with Crippen LogP contribution in [0.2, 0.25) is 0 Å². The van der Waals surface area contributed by atoms with Crippen molar-refractivity contribution in [3.63, 3.8) is 0 Å².